The molecule has 0 bridgehead atoms. The van der Waals surface area contributed by atoms with Crippen LogP contribution in [-0.4, -0.2) is 24.9 Å². The zero-order valence-corrected chi connectivity index (χ0v) is 13.0. The molecule has 0 aromatic heterocycles. The van der Waals surface area contributed by atoms with Gasteiger partial charge in [0, 0.05) is 6.07 Å². The molecule has 24 heavy (non-hydrogen) atoms. The van der Waals surface area contributed by atoms with Crippen molar-refractivity contribution in [2.75, 3.05) is 14.2 Å². The van der Waals surface area contributed by atoms with Crippen LogP contribution < -0.4 is 14.6 Å². The Labute approximate surface area is 137 Å². The Morgan fingerprint density at radius 3 is 2.50 bits per heavy atom. The summed E-state index contributed by atoms with van der Waals surface area (Å²) < 4.78 is 10.2. The van der Waals surface area contributed by atoms with Gasteiger partial charge < -0.3 is 14.6 Å². The molecule has 0 heterocycles. The minimum Gasteiger partial charge on any atom is -0.868 e. The predicted octanol–water partition coefficient (Wildman–Crippen LogP) is 2.58. The lowest BCUT2D eigenvalue weighted by atomic mass is 10.1. The second-order valence-corrected chi connectivity index (χ2v) is 4.75. The van der Waals surface area contributed by atoms with Crippen LogP contribution >= 0.6 is 0 Å². The Morgan fingerprint density at radius 1 is 1.12 bits per heavy atom. The Hall–Kier alpha value is -3.35. The molecular formula is C17H14NO6-. The molecule has 0 spiro atoms. The van der Waals surface area contributed by atoms with E-state index in [1.54, 1.807) is 12.1 Å². The number of hydrogen-bond donors (Lipinski definition) is 0. The summed E-state index contributed by atoms with van der Waals surface area (Å²) in [7, 11) is 2.92. The maximum absolute atomic E-state index is 12.3. The van der Waals surface area contributed by atoms with E-state index in [1.165, 1.54) is 38.5 Å². The van der Waals surface area contributed by atoms with Crippen LogP contribution in [0.1, 0.15) is 15.9 Å². The number of carbonyl (C=O) groups is 1. The van der Waals surface area contributed by atoms with Crippen LogP contribution in [0.2, 0.25) is 0 Å². The van der Waals surface area contributed by atoms with E-state index in [-0.39, 0.29) is 5.78 Å². The van der Waals surface area contributed by atoms with Crippen molar-refractivity contribution >= 4 is 17.5 Å². The Bertz CT molecular complexity index is 813. The quantitative estimate of drug-likeness (QED) is 0.349. The molecule has 0 atom stereocenters. The average Bonchev–Trinajstić information content (AvgIpc) is 2.59. The molecule has 7 nitrogen and oxygen atoms in total. The van der Waals surface area contributed by atoms with E-state index in [0.29, 0.717) is 22.6 Å². The standard InChI is InChI=1S/C17H15NO6/c1-23-12-5-8-17(24-2)13(10-12)15(19)6-3-11-4-7-16(20)14(9-11)18(21)22/h3-10,20H,1-2H3/p-1/b6-3+. The summed E-state index contributed by atoms with van der Waals surface area (Å²) in [4.78, 5) is 22.3. The maximum atomic E-state index is 12.3. The van der Waals surface area contributed by atoms with Crippen LogP contribution in [0.25, 0.3) is 6.08 Å². The highest BCUT2D eigenvalue weighted by atomic mass is 16.6. The van der Waals surface area contributed by atoms with Gasteiger partial charge >= 0.3 is 0 Å². The fourth-order valence-corrected chi connectivity index (χ4v) is 2.05. The summed E-state index contributed by atoms with van der Waals surface area (Å²) in [5, 5.41) is 22.1. The van der Waals surface area contributed by atoms with Crippen LogP contribution in [0.4, 0.5) is 5.69 Å². The van der Waals surface area contributed by atoms with Crippen molar-refractivity contribution in [3.8, 4) is 17.2 Å². The molecular weight excluding hydrogens is 314 g/mol. The molecule has 2 rings (SSSR count). The molecule has 0 aliphatic carbocycles. The van der Waals surface area contributed by atoms with Crippen molar-refractivity contribution in [1.82, 2.24) is 0 Å². The van der Waals surface area contributed by atoms with Crippen molar-refractivity contribution < 1.29 is 24.3 Å². The van der Waals surface area contributed by atoms with E-state index in [4.69, 9.17) is 9.47 Å². The average molecular weight is 328 g/mol. The zero-order chi connectivity index (χ0) is 17.7. The number of allylic oxidation sites excluding steroid dienone is 1. The largest absolute Gasteiger partial charge is 0.868 e. The third kappa shape index (κ3) is 3.70. The summed E-state index contributed by atoms with van der Waals surface area (Å²) in [5.41, 5.74) is 0.128. The molecule has 0 fully saturated rings. The maximum Gasteiger partial charge on any atom is 0.262 e. The van der Waals surface area contributed by atoms with Crippen molar-refractivity contribution in [2.45, 2.75) is 0 Å². The smallest absolute Gasteiger partial charge is 0.262 e. The van der Waals surface area contributed by atoms with Gasteiger partial charge in [-0.3, -0.25) is 14.9 Å². The van der Waals surface area contributed by atoms with Gasteiger partial charge in [0.1, 0.15) is 11.5 Å². The molecule has 0 saturated carbocycles. The monoisotopic (exact) mass is 328 g/mol. The lowest BCUT2D eigenvalue weighted by Gasteiger charge is -2.08. The topological polar surface area (TPSA) is 102 Å². The molecule has 124 valence electrons. The van der Waals surface area contributed by atoms with Gasteiger partial charge in [-0.05, 0) is 35.6 Å². The van der Waals surface area contributed by atoms with E-state index in [2.05, 4.69) is 0 Å². The highest BCUT2D eigenvalue weighted by molar-refractivity contribution is 6.08. The SMILES string of the molecule is COc1ccc(OC)c(C(=O)/C=C/c2ccc([O-])c([N+](=O)[O-])c2)c1. The van der Waals surface area contributed by atoms with Crippen LogP contribution in [0.15, 0.2) is 42.5 Å². The molecule has 0 amide bonds. The molecule has 7 heteroatoms. The third-order valence-electron chi connectivity index (χ3n) is 3.28. The van der Waals surface area contributed by atoms with Gasteiger partial charge in [-0.25, -0.2) is 0 Å². The summed E-state index contributed by atoms with van der Waals surface area (Å²) in [5.74, 6) is -0.164. The summed E-state index contributed by atoms with van der Waals surface area (Å²) in [6.07, 6.45) is 2.65. The van der Waals surface area contributed by atoms with Gasteiger partial charge in [-0.2, -0.15) is 0 Å². The minimum atomic E-state index is -0.757. The zero-order valence-electron chi connectivity index (χ0n) is 13.0. The van der Waals surface area contributed by atoms with Crippen LogP contribution in [0.5, 0.6) is 17.2 Å². The number of ether oxygens (including phenoxy) is 2. The molecule has 0 aliphatic heterocycles. The number of benzene rings is 2. The van der Waals surface area contributed by atoms with E-state index >= 15 is 0 Å². The van der Waals surface area contributed by atoms with Gasteiger partial charge in [0.05, 0.1) is 24.7 Å². The number of nitrogens with zero attached hydrogens (tertiary/aromatic N) is 1. The minimum absolute atomic E-state index is 0.294. The normalized spacial score (nSPS) is 10.6. The Balaban J connectivity index is 2.31. The first-order valence-corrected chi connectivity index (χ1v) is 6.86. The van der Waals surface area contributed by atoms with Gasteiger partial charge in [0.15, 0.2) is 5.78 Å². The number of nitro benzene ring substituents is 1. The van der Waals surface area contributed by atoms with Gasteiger partial charge in [-0.1, -0.05) is 18.2 Å². The first-order chi connectivity index (χ1) is 11.5. The molecule has 0 unspecified atom stereocenters. The lowest BCUT2D eigenvalue weighted by Crippen LogP contribution is -2.00. The van der Waals surface area contributed by atoms with Crippen molar-refractivity contribution in [2.24, 2.45) is 0 Å². The molecule has 0 N–H and O–H groups in total. The summed E-state index contributed by atoms with van der Waals surface area (Å²) >= 11 is 0. The fraction of sp³-hybridized carbons (Fsp3) is 0.118. The van der Waals surface area contributed by atoms with E-state index in [1.807, 2.05) is 0 Å². The second-order valence-electron chi connectivity index (χ2n) is 4.75. The molecule has 2 aromatic carbocycles. The lowest BCUT2D eigenvalue weighted by molar-refractivity contribution is -0.398. The van der Waals surface area contributed by atoms with Gasteiger partial charge in [0.25, 0.3) is 5.69 Å². The van der Waals surface area contributed by atoms with Crippen molar-refractivity contribution in [3.63, 3.8) is 0 Å². The van der Waals surface area contributed by atoms with E-state index < -0.39 is 16.4 Å². The summed E-state index contributed by atoms with van der Waals surface area (Å²) in [6, 6.07) is 8.42. The second kappa shape index (κ2) is 7.28. The fourth-order valence-electron chi connectivity index (χ4n) is 2.05. The van der Waals surface area contributed by atoms with Crippen molar-refractivity contribution in [3.05, 3.63) is 63.7 Å². The molecule has 0 saturated heterocycles. The number of carbonyl (C=O) groups excluding carboxylic acids is 1. The van der Waals surface area contributed by atoms with Gasteiger partial charge in [0.2, 0.25) is 0 Å². The Kier molecular flexibility index (Phi) is 5.16. The van der Waals surface area contributed by atoms with Crippen LogP contribution in [0, 0.1) is 10.1 Å². The highest BCUT2D eigenvalue weighted by Gasteiger charge is 2.12. The molecule has 2 aromatic rings. The third-order valence-corrected chi connectivity index (χ3v) is 3.28. The molecule has 0 aliphatic rings. The van der Waals surface area contributed by atoms with Crippen molar-refractivity contribution in [1.29, 1.82) is 0 Å². The van der Waals surface area contributed by atoms with Gasteiger partial charge in [-0.15, -0.1) is 0 Å². The number of nitro groups is 1. The number of hydrogen-bond acceptors (Lipinski definition) is 6. The number of ketones is 1. The first kappa shape index (κ1) is 17.0. The predicted molar refractivity (Wildman–Crippen MR) is 85.5 cm³/mol. The molecule has 0 radical (unpaired) electrons. The van der Waals surface area contributed by atoms with E-state index in [0.717, 1.165) is 12.1 Å². The van der Waals surface area contributed by atoms with Crippen LogP contribution in [-0.2, 0) is 0 Å². The number of rotatable bonds is 6. The van der Waals surface area contributed by atoms with Crippen LogP contribution in [0.3, 0.4) is 0 Å². The summed E-state index contributed by atoms with van der Waals surface area (Å²) in [6.45, 7) is 0. The Morgan fingerprint density at radius 2 is 1.88 bits per heavy atom. The highest BCUT2D eigenvalue weighted by Crippen LogP contribution is 2.26. The number of methoxy groups -OCH3 is 2. The van der Waals surface area contributed by atoms with E-state index in [9.17, 15) is 20.0 Å². The first-order valence-electron chi connectivity index (χ1n) is 6.86.